The zero-order valence-electron chi connectivity index (χ0n) is 9.89. The van der Waals surface area contributed by atoms with E-state index >= 15 is 0 Å². The Balaban J connectivity index is 1.80. The highest BCUT2D eigenvalue weighted by atomic mass is 32.1. The first-order chi connectivity index (χ1) is 8.29. The summed E-state index contributed by atoms with van der Waals surface area (Å²) >= 11 is 1.58. The van der Waals surface area contributed by atoms with Crippen LogP contribution >= 0.6 is 11.3 Å². The molecule has 17 heavy (non-hydrogen) atoms. The third-order valence-corrected chi connectivity index (χ3v) is 3.17. The number of rotatable bonds is 7. The molecule has 0 aliphatic carbocycles. The zero-order valence-corrected chi connectivity index (χ0v) is 10.7. The molecule has 0 saturated heterocycles. The molecule has 0 saturated carbocycles. The Kier molecular flexibility index (Phi) is 4.28. The van der Waals surface area contributed by atoms with Crippen LogP contribution in [0.3, 0.4) is 0 Å². The summed E-state index contributed by atoms with van der Waals surface area (Å²) in [4.78, 5) is 17.0. The highest BCUT2D eigenvalue weighted by molar-refractivity contribution is 7.15. The largest absolute Gasteiger partial charge is 0.381 e. The molecule has 0 aromatic carbocycles. The third-order valence-electron chi connectivity index (χ3n) is 2.40. The van der Waals surface area contributed by atoms with Crippen LogP contribution < -0.4 is 0 Å². The first-order valence-corrected chi connectivity index (χ1v) is 6.68. The maximum atomic E-state index is 11.6. The van der Waals surface area contributed by atoms with E-state index in [1.807, 2.05) is 22.2 Å². The molecule has 92 valence electrons. The summed E-state index contributed by atoms with van der Waals surface area (Å²) in [5.74, 6) is 0.187. The summed E-state index contributed by atoms with van der Waals surface area (Å²) in [6.07, 6.45) is 5.74. The zero-order chi connectivity index (χ0) is 12.1. The number of fused-ring (bicyclic) bond motifs is 1. The first-order valence-electron chi connectivity index (χ1n) is 5.80. The number of carbonyl (C=O) groups is 1. The second kappa shape index (κ2) is 5.93. The maximum Gasteiger partial charge on any atom is 0.193 e. The first kappa shape index (κ1) is 12.3. The predicted molar refractivity (Wildman–Crippen MR) is 67.5 cm³/mol. The summed E-state index contributed by atoms with van der Waals surface area (Å²) in [7, 11) is 0. The van der Waals surface area contributed by atoms with Crippen molar-refractivity contribution in [2.24, 2.45) is 0 Å². The lowest BCUT2D eigenvalue weighted by atomic mass is 10.2. The number of nitrogens with zero attached hydrogens (tertiary/aromatic N) is 2. The lowest BCUT2D eigenvalue weighted by Gasteiger charge is -2.00. The van der Waals surface area contributed by atoms with E-state index in [0.29, 0.717) is 19.4 Å². The fraction of sp³-hybridized carbons (Fsp3) is 0.500. The number of carbonyl (C=O) groups excluding carboxylic acids is 1. The van der Waals surface area contributed by atoms with Gasteiger partial charge in [-0.2, -0.15) is 0 Å². The van der Waals surface area contributed by atoms with E-state index in [1.165, 1.54) is 0 Å². The van der Waals surface area contributed by atoms with Crippen LogP contribution in [0.5, 0.6) is 0 Å². The quantitative estimate of drug-likeness (QED) is 0.710. The Hall–Kier alpha value is -1.20. The Labute approximate surface area is 104 Å². The van der Waals surface area contributed by atoms with Crippen LogP contribution in [0.1, 0.15) is 25.5 Å². The average Bonchev–Trinajstić information content (AvgIpc) is 2.84. The van der Waals surface area contributed by atoms with Gasteiger partial charge in [0.15, 0.2) is 4.96 Å². The molecule has 0 fully saturated rings. The molecular weight excluding hydrogens is 236 g/mol. The molecule has 5 heteroatoms. The summed E-state index contributed by atoms with van der Waals surface area (Å²) < 4.78 is 7.24. The number of ether oxygens (including phenoxy) is 1. The van der Waals surface area contributed by atoms with Crippen LogP contribution in [-0.4, -0.2) is 28.4 Å². The molecule has 2 rings (SSSR count). The molecule has 0 atom stereocenters. The minimum absolute atomic E-state index is 0.187. The van der Waals surface area contributed by atoms with Gasteiger partial charge < -0.3 is 4.74 Å². The summed E-state index contributed by atoms with van der Waals surface area (Å²) in [6, 6.07) is 0. The maximum absolute atomic E-state index is 11.6. The summed E-state index contributed by atoms with van der Waals surface area (Å²) in [5.41, 5.74) is 0.845. The highest BCUT2D eigenvalue weighted by Gasteiger charge is 2.08. The van der Waals surface area contributed by atoms with Gasteiger partial charge in [-0.3, -0.25) is 9.20 Å². The molecule has 2 aromatic heterocycles. The number of thiazole rings is 1. The van der Waals surface area contributed by atoms with Gasteiger partial charge in [0.2, 0.25) is 0 Å². The Morgan fingerprint density at radius 3 is 3.18 bits per heavy atom. The van der Waals surface area contributed by atoms with Crippen molar-refractivity contribution in [1.29, 1.82) is 0 Å². The molecule has 0 spiro atoms. The number of imidazole rings is 1. The lowest BCUT2D eigenvalue weighted by molar-refractivity contribution is -0.119. The van der Waals surface area contributed by atoms with Crippen LogP contribution in [0.25, 0.3) is 4.96 Å². The monoisotopic (exact) mass is 252 g/mol. The van der Waals surface area contributed by atoms with E-state index in [0.717, 1.165) is 23.7 Å². The average molecular weight is 252 g/mol. The van der Waals surface area contributed by atoms with E-state index in [1.54, 1.807) is 11.3 Å². The van der Waals surface area contributed by atoms with Crippen LogP contribution in [0.2, 0.25) is 0 Å². The van der Waals surface area contributed by atoms with Gasteiger partial charge in [-0.15, -0.1) is 11.3 Å². The van der Waals surface area contributed by atoms with Crippen LogP contribution in [-0.2, 0) is 16.0 Å². The molecular formula is C12H16N2O2S. The number of hydrogen-bond acceptors (Lipinski definition) is 4. The minimum Gasteiger partial charge on any atom is -0.381 e. The molecule has 4 nitrogen and oxygen atoms in total. The van der Waals surface area contributed by atoms with Crippen molar-refractivity contribution in [3.8, 4) is 0 Å². The second-order valence-electron chi connectivity index (χ2n) is 3.90. The summed E-state index contributed by atoms with van der Waals surface area (Å²) in [5, 5.41) is 1.98. The van der Waals surface area contributed by atoms with Gasteiger partial charge >= 0.3 is 0 Å². The fourth-order valence-electron chi connectivity index (χ4n) is 1.58. The molecule has 2 aromatic rings. The molecule has 0 unspecified atom stereocenters. The van der Waals surface area contributed by atoms with Crippen molar-refractivity contribution in [1.82, 2.24) is 9.38 Å². The van der Waals surface area contributed by atoms with E-state index in [9.17, 15) is 4.79 Å². The molecule has 0 N–H and O–H groups in total. The molecule has 0 bridgehead atoms. The van der Waals surface area contributed by atoms with Crippen molar-refractivity contribution in [2.75, 3.05) is 13.2 Å². The fourth-order valence-corrected chi connectivity index (χ4v) is 2.30. The molecule has 0 aliphatic rings. The highest BCUT2D eigenvalue weighted by Crippen LogP contribution is 2.12. The van der Waals surface area contributed by atoms with Crippen LogP contribution in [0.4, 0.5) is 0 Å². The van der Waals surface area contributed by atoms with Crippen molar-refractivity contribution < 1.29 is 9.53 Å². The van der Waals surface area contributed by atoms with Gasteiger partial charge in [0.25, 0.3) is 0 Å². The molecule has 0 aliphatic heterocycles. The Bertz CT molecular complexity index is 461. The predicted octanol–water partition coefficient (Wildman–Crippen LogP) is 2.32. The third kappa shape index (κ3) is 3.38. The molecule has 0 radical (unpaired) electrons. The lowest BCUT2D eigenvalue weighted by Crippen LogP contribution is -2.07. The van der Waals surface area contributed by atoms with Gasteiger partial charge in [-0.1, -0.05) is 6.92 Å². The van der Waals surface area contributed by atoms with E-state index in [4.69, 9.17) is 4.74 Å². The van der Waals surface area contributed by atoms with Crippen molar-refractivity contribution in [3.05, 3.63) is 23.5 Å². The van der Waals surface area contributed by atoms with Crippen LogP contribution in [0.15, 0.2) is 17.8 Å². The van der Waals surface area contributed by atoms with Crippen LogP contribution in [0, 0.1) is 0 Å². The van der Waals surface area contributed by atoms with E-state index < -0.39 is 0 Å². The Morgan fingerprint density at radius 1 is 1.53 bits per heavy atom. The second-order valence-corrected chi connectivity index (χ2v) is 4.78. The SMILES string of the molecule is CCCOCCC(=O)Cc1cn2ccsc2n1. The molecule has 0 amide bonds. The van der Waals surface area contributed by atoms with Crippen molar-refractivity contribution in [3.63, 3.8) is 0 Å². The van der Waals surface area contributed by atoms with Gasteiger partial charge in [0.05, 0.1) is 18.7 Å². The molecule has 2 heterocycles. The number of aromatic nitrogens is 2. The number of Topliss-reactive ketones (excluding diaryl/α,β-unsaturated/α-hetero) is 1. The normalized spacial score (nSPS) is 11.1. The van der Waals surface area contributed by atoms with Gasteiger partial charge in [-0.05, 0) is 6.42 Å². The van der Waals surface area contributed by atoms with E-state index in [2.05, 4.69) is 11.9 Å². The smallest absolute Gasteiger partial charge is 0.193 e. The Morgan fingerprint density at radius 2 is 2.41 bits per heavy atom. The van der Waals surface area contributed by atoms with Crippen molar-refractivity contribution >= 4 is 22.1 Å². The topological polar surface area (TPSA) is 43.6 Å². The van der Waals surface area contributed by atoms with Crippen molar-refractivity contribution in [2.45, 2.75) is 26.2 Å². The standard InChI is InChI=1S/C12H16N2O2S/c1-2-5-16-6-3-11(15)8-10-9-14-4-7-17-12(14)13-10/h4,7,9H,2-3,5-6,8H2,1H3. The summed E-state index contributed by atoms with van der Waals surface area (Å²) in [6.45, 7) is 3.31. The van der Waals surface area contributed by atoms with E-state index in [-0.39, 0.29) is 5.78 Å². The number of hydrogen-bond donors (Lipinski definition) is 0. The van der Waals surface area contributed by atoms with Gasteiger partial charge in [0.1, 0.15) is 5.78 Å². The van der Waals surface area contributed by atoms with Gasteiger partial charge in [-0.25, -0.2) is 4.98 Å². The minimum atomic E-state index is 0.187. The number of ketones is 1. The van der Waals surface area contributed by atoms with Gasteiger partial charge in [0, 0.05) is 30.8 Å².